The van der Waals surface area contributed by atoms with E-state index in [1.54, 1.807) is 4.90 Å². The minimum Gasteiger partial charge on any atom is -0.338 e. The third-order valence-electron chi connectivity index (χ3n) is 3.08. The van der Waals surface area contributed by atoms with E-state index in [2.05, 4.69) is 20.4 Å². The van der Waals surface area contributed by atoms with Gasteiger partial charge in [-0.3, -0.25) is 4.79 Å². The van der Waals surface area contributed by atoms with E-state index >= 15 is 0 Å². The Hall–Kier alpha value is -1.30. The summed E-state index contributed by atoms with van der Waals surface area (Å²) in [4.78, 5) is 13.5. The van der Waals surface area contributed by atoms with Crippen molar-refractivity contribution >= 4 is 5.91 Å². The van der Waals surface area contributed by atoms with Crippen LogP contribution in [0.1, 0.15) is 26.7 Å². The van der Waals surface area contributed by atoms with Crippen LogP contribution in [0.4, 0.5) is 0 Å². The van der Waals surface area contributed by atoms with E-state index in [9.17, 15) is 4.79 Å². The molecule has 0 radical (unpaired) electrons. The molecule has 3 nitrogen and oxygen atoms in total. The van der Waals surface area contributed by atoms with Gasteiger partial charge in [-0.15, -0.1) is 0 Å². The number of amides is 1. The molecule has 1 heterocycles. The van der Waals surface area contributed by atoms with E-state index in [4.69, 9.17) is 5.26 Å². The quantitative estimate of drug-likeness (QED) is 0.512. The molecule has 0 aromatic heterocycles. The molecule has 3 heteroatoms. The fourth-order valence-electron chi connectivity index (χ4n) is 1.98. The average molecular weight is 206 g/mol. The molecule has 0 spiro atoms. The highest BCUT2D eigenvalue weighted by Crippen LogP contribution is 2.24. The van der Waals surface area contributed by atoms with Gasteiger partial charge in [-0.2, -0.15) is 5.26 Å². The summed E-state index contributed by atoms with van der Waals surface area (Å²) in [5.41, 5.74) is 0.0550. The molecule has 1 aliphatic rings. The monoisotopic (exact) mass is 206 g/mol. The maximum absolute atomic E-state index is 11.7. The van der Waals surface area contributed by atoms with Crippen molar-refractivity contribution in [3.05, 3.63) is 12.2 Å². The van der Waals surface area contributed by atoms with Crippen molar-refractivity contribution in [3.63, 3.8) is 0 Å². The molecule has 0 saturated carbocycles. The van der Waals surface area contributed by atoms with E-state index < -0.39 is 0 Å². The highest BCUT2D eigenvalue weighted by atomic mass is 16.2. The molecule has 1 atom stereocenters. The van der Waals surface area contributed by atoms with Crippen LogP contribution in [-0.4, -0.2) is 23.9 Å². The molecular formula is C12H18N2O. The van der Waals surface area contributed by atoms with E-state index in [1.807, 2.05) is 6.07 Å². The standard InChI is InChI=1S/C12H18N2O/c1-9(2)11-5-4-6-14(8-11)12(15)10(3)7-13/h9,11H,3-6,8H2,1-2H3. The number of nitrogens with zero attached hydrogens (tertiary/aromatic N) is 2. The number of nitriles is 1. The topological polar surface area (TPSA) is 44.1 Å². The highest BCUT2D eigenvalue weighted by Gasteiger charge is 2.26. The Balaban J connectivity index is 2.61. The molecule has 0 bridgehead atoms. The first-order valence-corrected chi connectivity index (χ1v) is 5.44. The molecule has 1 unspecified atom stereocenters. The van der Waals surface area contributed by atoms with Crippen molar-refractivity contribution in [2.75, 3.05) is 13.1 Å². The van der Waals surface area contributed by atoms with E-state index in [-0.39, 0.29) is 11.5 Å². The lowest BCUT2D eigenvalue weighted by Gasteiger charge is -2.34. The molecule has 1 amide bonds. The summed E-state index contributed by atoms with van der Waals surface area (Å²) in [6.45, 7) is 9.36. The zero-order chi connectivity index (χ0) is 11.4. The zero-order valence-electron chi connectivity index (χ0n) is 9.49. The average Bonchev–Trinajstić information content (AvgIpc) is 2.27. The van der Waals surface area contributed by atoms with Crippen molar-refractivity contribution in [2.24, 2.45) is 11.8 Å². The Bertz CT molecular complexity index is 301. The number of rotatable bonds is 2. The van der Waals surface area contributed by atoms with Gasteiger partial charge in [0.2, 0.25) is 0 Å². The first-order valence-electron chi connectivity index (χ1n) is 5.44. The smallest absolute Gasteiger partial charge is 0.263 e. The van der Waals surface area contributed by atoms with Crippen LogP contribution in [0.15, 0.2) is 12.2 Å². The van der Waals surface area contributed by atoms with Gasteiger partial charge in [0.15, 0.2) is 0 Å². The largest absolute Gasteiger partial charge is 0.338 e. The summed E-state index contributed by atoms with van der Waals surface area (Å²) >= 11 is 0. The van der Waals surface area contributed by atoms with Gasteiger partial charge in [0.25, 0.3) is 5.91 Å². The normalized spacial score (nSPS) is 21.2. The minimum absolute atomic E-state index is 0.0550. The van der Waals surface area contributed by atoms with Crippen molar-refractivity contribution in [2.45, 2.75) is 26.7 Å². The van der Waals surface area contributed by atoms with Crippen LogP contribution < -0.4 is 0 Å². The van der Waals surface area contributed by atoms with Crippen molar-refractivity contribution < 1.29 is 4.79 Å². The van der Waals surface area contributed by atoms with Gasteiger partial charge in [-0.25, -0.2) is 0 Å². The van der Waals surface area contributed by atoms with Gasteiger partial charge in [0.1, 0.15) is 11.6 Å². The summed E-state index contributed by atoms with van der Waals surface area (Å²) in [5.74, 6) is 0.966. The predicted octanol–water partition coefficient (Wildman–Crippen LogP) is 1.96. The van der Waals surface area contributed by atoms with Crippen LogP contribution in [-0.2, 0) is 4.79 Å². The predicted molar refractivity (Wildman–Crippen MR) is 58.9 cm³/mol. The number of piperidine rings is 1. The van der Waals surface area contributed by atoms with Crippen molar-refractivity contribution in [1.82, 2.24) is 4.90 Å². The Morgan fingerprint density at radius 1 is 1.60 bits per heavy atom. The number of likely N-dealkylation sites (tertiary alicyclic amines) is 1. The fraction of sp³-hybridized carbons (Fsp3) is 0.667. The van der Waals surface area contributed by atoms with Gasteiger partial charge in [-0.05, 0) is 24.7 Å². The van der Waals surface area contributed by atoms with Crippen LogP contribution in [0.2, 0.25) is 0 Å². The summed E-state index contributed by atoms with van der Waals surface area (Å²) in [7, 11) is 0. The minimum atomic E-state index is -0.192. The number of hydrogen-bond donors (Lipinski definition) is 0. The van der Waals surface area contributed by atoms with E-state index in [0.717, 1.165) is 19.5 Å². The molecule has 15 heavy (non-hydrogen) atoms. The molecule has 1 rings (SSSR count). The molecule has 0 N–H and O–H groups in total. The lowest BCUT2D eigenvalue weighted by Crippen LogP contribution is -2.41. The summed E-state index contributed by atoms with van der Waals surface area (Å²) in [6, 6.07) is 1.82. The second-order valence-electron chi connectivity index (χ2n) is 4.49. The van der Waals surface area contributed by atoms with E-state index in [0.29, 0.717) is 11.8 Å². The van der Waals surface area contributed by atoms with Gasteiger partial charge < -0.3 is 4.90 Å². The summed E-state index contributed by atoms with van der Waals surface area (Å²) in [6.07, 6.45) is 2.22. The van der Waals surface area contributed by atoms with Gasteiger partial charge in [-0.1, -0.05) is 20.4 Å². The lowest BCUT2D eigenvalue weighted by atomic mass is 9.88. The third-order valence-corrected chi connectivity index (χ3v) is 3.08. The highest BCUT2D eigenvalue weighted by molar-refractivity contribution is 5.96. The fourth-order valence-corrected chi connectivity index (χ4v) is 1.98. The molecule has 0 aromatic carbocycles. The molecule has 82 valence electrons. The van der Waals surface area contributed by atoms with Crippen LogP contribution in [0.5, 0.6) is 0 Å². The maximum Gasteiger partial charge on any atom is 0.263 e. The zero-order valence-corrected chi connectivity index (χ0v) is 9.49. The maximum atomic E-state index is 11.7. The molecule has 0 aliphatic carbocycles. The van der Waals surface area contributed by atoms with Crippen LogP contribution in [0.3, 0.4) is 0 Å². The Kier molecular flexibility index (Phi) is 3.90. The molecule has 0 aromatic rings. The number of hydrogen-bond acceptors (Lipinski definition) is 2. The number of carbonyl (C=O) groups excluding carboxylic acids is 1. The van der Waals surface area contributed by atoms with Crippen LogP contribution in [0, 0.1) is 23.2 Å². The first kappa shape index (κ1) is 11.8. The second kappa shape index (κ2) is 4.97. The lowest BCUT2D eigenvalue weighted by molar-refractivity contribution is -0.128. The Morgan fingerprint density at radius 3 is 2.80 bits per heavy atom. The third kappa shape index (κ3) is 2.82. The molecule has 1 fully saturated rings. The summed E-state index contributed by atoms with van der Waals surface area (Å²) in [5, 5.41) is 8.61. The number of carbonyl (C=O) groups is 1. The Labute approximate surface area is 91.4 Å². The Morgan fingerprint density at radius 2 is 2.27 bits per heavy atom. The van der Waals surface area contributed by atoms with E-state index in [1.165, 1.54) is 6.42 Å². The molecule has 1 saturated heterocycles. The van der Waals surface area contributed by atoms with Gasteiger partial charge in [0.05, 0.1) is 0 Å². The van der Waals surface area contributed by atoms with Gasteiger partial charge >= 0.3 is 0 Å². The van der Waals surface area contributed by atoms with Gasteiger partial charge in [0, 0.05) is 13.1 Å². The molecular weight excluding hydrogens is 188 g/mol. The van der Waals surface area contributed by atoms with Crippen molar-refractivity contribution in [3.8, 4) is 6.07 Å². The second-order valence-corrected chi connectivity index (χ2v) is 4.49. The summed E-state index contributed by atoms with van der Waals surface area (Å²) < 4.78 is 0. The molecule has 1 aliphatic heterocycles. The van der Waals surface area contributed by atoms with Crippen LogP contribution >= 0.6 is 0 Å². The van der Waals surface area contributed by atoms with Crippen molar-refractivity contribution in [1.29, 1.82) is 5.26 Å². The SMILES string of the molecule is C=C(C#N)C(=O)N1CCCC(C(C)C)C1. The first-order chi connectivity index (χ1) is 7.06. The van der Waals surface area contributed by atoms with Crippen LogP contribution in [0.25, 0.3) is 0 Å².